The first-order valence-corrected chi connectivity index (χ1v) is 8.06. The molecule has 0 aliphatic carbocycles. The third-order valence-corrected chi connectivity index (χ3v) is 3.70. The summed E-state index contributed by atoms with van der Waals surface area (Å²) in [7, 11) is 0. The van der Waals surface area contributed by atoms with Crippen molar-refractivity contribution < 1.29 is 27.3 Å². The number of amides is 2. The predicted octanol–water partition coefficient (Wildman–Crippen LogP) is 4.51. The molecule has 3 aromatic rings. The average molecular weight is 389 g/mol. The summed E-state index contributed by atoms with van der Waals surface area (Å²) in [5, 5.41) is 8.55. The normalized spacial score (nSPS) is 11.1. The van der Waals surface area contributed by atoms with Crippen molar-refractivity contribution in [1.82, 2.24) is 5.16 Å². The van der Waals surface area contributed by atoms with Crippen molar-refractivity contribution in [2.45, 2.75) is 13.1 Å². The molecule has 0 saturated carbocycles. The van der Waals surface area contributed by atoms with Crippen LogP contribution in [-0.4, -0.2) is 17.0 Å². The molecule has 0 fully saturated rings. The number of aromatic nitrogens is 1. The van der Waals surface area contributed by atoms with Crippen LogP contribution in [0.15, 0.2) is 59.1 Å². The molecule has 0 saturated heterocycles. The maximum absolute atomic E-state index is 12.8. The molecule has 3 rings (SSSR count). The quantitative estimate of drug-likeness (QED) is 0.688. The Morgan fingerprint density at radius 2 is 1.57 bits per heavy atom. The summed E-state index contributed by atoms with van der Waals surface area (Å²) in [6, 6.07) is 11.6. The van der Waals surface area contributed by atoms with Gasteiger partial charge in [0, 0.05) is 22.9 Å². The van der Waals surface area contributed by atoms with Gasteiger partial charge in [-0.05, 0) is 43.3 Å². The highest BCUT2D eigenvalue weighted by Gasteiger charge is 2.30. The summed E-state index contributed by atoms with van der Waals surface area (Å²) in [6.07, 6.45) is -4.52. The van der Waals surface area contributed by atoms with Gasteiger partial charge in [-0.1, -0.05) is 17.3 Å². The van der Waals surface area contributed by atoms with E-state index in [1.165, 1.54) is 42.5 Å². The van der Waals surface area contributed by atoms with E-state index in [1.54, 1.807) is 6.92 Å². The zero-order valence-electron chi connectivity index (χ0n) is 14.5. The first kappa shape index (κ1) is 19.2. The van der Waals surface area contributed by atoms with Crippen LogP contribution in [0.1, 0.15) is 32.0 Å². The van der Waals surface area contributed by atoms with Gasteiger partial charge in [-0.2, -0.15) is 13.2 Å². The maximum atomic E-state index is 12.8. The Balaban J connectivity index is 1.74. The van der Waals surface area contributed by atoms with Crippen LogP contribution >= 0.6 is 0 Å². The van der Waals surface area contributed by atoms with Gasteiger partial charge in [0.15, 0.2) is 5.82 Å². The number of hydrogen-bond acceptors (Lipinski definition) is 4. The minimum atomic E-state index is -4.52. The monoisotopic (exact) mass is 389 g/mol. The first-order valence-electron chi connectivity index (χ1n) is 8.06. The molecule has 28 heavy (non-hydrogen) atoms. The molecule has 0 bridgehead atoms. The summed E-state index contributed by atoms with van der Waals surface area (Å²) in [5.74, 6) is -0.417. The van der Waals surface area contributed by atoms with E-state index in [0.717, 1.165) is 12.1 Å². The van der Waals surface area contributed by atoms with Gasteiger partial charge in [0.05, 0.1) is 5.56 Å². The Bertz CT molecular complexity index is 1030. The van der Waals surface area contributed by atoms with E-state index in [0.29, 0.717) is 5.76 Å². The van der Waals surface area contributed by atoms with Crippen LogP contribution in [-0.2, 0) is 6.18 Å². The summed E-state index contributed by atoms with van der Waals surface area (Å²) in [6.45, 7) is 1.67. The fraction of sp³-hybridized carbons (Fsp3) is 0.105. The van der Waals surface area contributed by atoms with Crippen molar-refractivity contribution in [2.24, 2.45) is 0 Å². The molecule has 0 aliphatic heterocycles. The van der Waals surface area contributed by atoms with Gasteiger partial charge in [0.25, 0.3) is 11.8 Å². The smallest absolute Gasteiger partial charge is 0.360 e. The number of halogens is 3. The van der Waals surface area contributed by atoms with Crippen LogP contribution in [0, 0.1) is 6.92 Å². The van der Waals surface area contributed by atoms with Crippen LogP contribution in [0.2, 0.25) is 0 Å². The van der Waals surface area contributed by atoms with Gasteiger partial charge < -0.3 is 15.2 Å². The fourth-order valence-electron chi connectivity index (χ4n) is 2.39. The fourth-order valence-corrected chi connectivity index (χ4v) is 2.39. The number of aryl methyl sites for hydroxylation is 1. The van der Waals surface area contributed by atoms with E-state index in [9.17, 15) is 22.8 Å². The Hall–Kier alpha value is -3.62. The Morgan fingerprint density at radius 1 is 0.929 bits per heavy atom. The molecule has 9 heteroatoms. The zero-order chi connectivity index (χ0) is 20.3. The number of alkyl halides is 3. The molecule has 0 atom stereocenters. The number of carbonyl (C=O) groups excluding carboxylic acids is 2. The lowest BCUT2D eigenvalue weighted by Gasteiger charge is -2.10. The molecule has 2 aromatic carbocycles. The van der Waals surface area contributed by atoms with Gasteiger partial charge in [0.1, 0.15) is 5.76 Å². The number of nitrogens with one attached hydrogen (secondary N) is 2. The molecule has 0 unspecified atom stereocenters. The zero-order valence-corrected chi connectivity index (χ0v) is 14.5. The third kappa shape index (κ3) is 4.56. The average Bonchev–Trinajstić information content (AvgIpc) is 3.06. The second kappa shape index (κ2) is 7.55. The number of benzene rings is 2. The molecule has 1 heterocycles. The molecular weight excluding hydrogens is 375 g/mol. The van der Waals surface area contributed by atoms with Gasteiger partial charge in [-0.25, -0.2) is 0 Å². The molecule has 0 spiro atoms. The molecule has 6 nitrogen and oxygen atoms in total. The van der Waals surface area contributed by atoms with Crippen molar-refractivity contribution in [3.63, 3.8) is 0 Å². The van der Waals surface area contributed by atoms with Crippen molar-refractivity contribution >= 4 is 23.3 Å². The lowest BCUT2D eigenvalue weighted by Crippen LogP contribution is -2.16. The van der Waals surface area contributed by atoms with Crippen molar-refractivity contribution in [1.29, 1.82) is 0 Å². The number of carbonyl (C=O) groups is 2. The topological polar surface area (TPSA) is 84.2 Å². The summed E-state index contributed by atoms with van der Waals surface area (Å²) in [4.78, 5) is 24.6. The van der Waals surface area contributed by atoms with Gasteiger partial charge in [0.2, 0.25) is 0 Å². The summed E-state index contributed by atoms with van der Waals surface area (Å²) < 4.78 is 43.2. The molecule has 2 N–H and O–H groups in total. The summed E-state index contributed by atoms with van der Waals surface area (Å²) >= 11 is 0. The van der Waals surface area contributed by atoms with Gasteiger partial charge in [-0.15, -0.1) is 0 Å². The highest BCUT2D eigenvalue weighted by Crippen LogP contribution is 2.30. The van der Waals surface area contributed by atoms with Crippen LogP contribution < -0.4 is 10.6 Å². The molecule has 1 aromatic heterocycles. The van der Waals surface area contributed by atoms with Gasteiger partial charge in [-0.3, -0.25) is 9.59 Å². The third-order valence-electron chi connectivity index (χ3n) is 3.70. The van der Waals surface area contributed by atoms with E-state index >= 15 is 0 Å². The number of hydrogen-bond donors (Lipinski definition) is 2. The highest BCUT2D eigenvalue weighted by molar-refractivity contribution is 6.08. The summed E-state index contributed by atoms with van der Waals surface area (Å²) in [5.41, 5.74) is -0.590. The van der Waals surface area contributed by atoms with E-state index < -0.39 is 23.6 Å². The van der Waals surface area contributed by atoms with Crippen LogP contribution in [0.5, 0.6) is 0 Å². The van der Waals surface area contributed by atoms with E-state index in [4.69, 9.17) is 4.52 Å². The van der Waals surface area contributed by atoms with Crippen molar-refractivity contribution in [3.8, 4) is 0 Å². The van der Waals surface area contributed by atoms with Crippen molar-refractivity contribution in [3.05, 3.63) is 77.0 Å². The van der Waals surface area contributed by atoms with E-state index in [2.05, 4.69) is 15.8 Å². The van der Waals surface area contributed by atoms with E-state index in [-0.39, 0.29) is 22.6 Å². The Morgan fingerprint density at radius 3 is 2.18 bits per heavy atom. The number of nitrogens with zero attached hydrogens (tertiary/aromatic N) is 1. The lowest BCUT2D eigenvalue weighted by atomic mass is 10.1. The van der Waals surface area contributed by atoms with Crippen LogP contribution in [0.4, 0.5) is 24.7 Å². The number of anilines is 2. The second-order valence-corrected chi connectivity index (χ2v) is 5.89. The maximum Gasteiger partial charge on any atom is 0.416 e. The van der Waals surface area contributed by atoms with Gasteiger partial charge >= 0.3 is 6.18 Å². The number of rotatable bonds is 4. The molecule has 144 valence electrons. The molecular formula is C19H14F3N3O3. The molecule has 0 radical (unpaired) electrons. The minimum absolute atomic E-state index is 0.00671. The molecule has 2 amide bonds. The second-order valence-electron chi connectivity index (χ2n) is 5.89. The highest BCUT2D eigenvalue weighted by atomic mass is 19.4. The molecule has 0 aliphatic rings. The minimum Gasteiger partial charge on any atom is -0.360 e. The standard InChI is InChI=1S/C19H14F3N3O3/c1-11-8-16(25-28-11)24-18(27)13-5-2-4-12(9-13)17(26)23-15-7-3-6-14(10-15)19(20,21)22/h2-10H,1H3,(H,23,26)(H,24,25,27). The predicted molar refractivity (Wildman–Crippen MR) is 95.0 cm³/mol. The lowest BCUT2D eigenvalue weighted by molar-refractivity contribution is -0.137. The van der Waals surface area contributed by atoms with Crippen LogP contribution in [0.3, 0.4) is 0 Å². The largest absolute Gasteiger partial charge is 0.416 e. The Kier molecular flexibility index (Phi) is 5.16. The SMILES string of the molecule is Cc1cc(NC(=O)c2cccc(C(=O)Nc3cccc(C(F)(F)F)c3)c2)no1. The van der Waals surface area contributed by atoms with Crippen molar-refractivity contribution in [2.75, 3.05) is 10.6 Å². The first-order chi connectivity index (χ1) is 13.2. The van der Waals surface area contributed by atoms with Crippen LogP contribution in [0.25, 0.3) is 0 Å². The van der Waals surface area contributed by atoms with E-state index in [1.807, 2.05) is 0 Å². The Labute approximate surface area is 157 Å².